The fourth-order valence-electron chi connectivity index (χ4n) is 1.43. The molecule has 3 N–H and O–H groups in total. The standard InChI is InChI=1S/C12H18BrNO2/c13-10-7-11(14)9-12(8-10)16-6-4-2-1-3-5-15/h7-9,15H,1-6,14H2. The lowest BCUT2D eigenvalue weighted by Crippen LogP contribution is -1.98. The molecule has 0 aromatic heterocycles. The number of anilines is 1. The quantitative estimate of drug-likeness (QED) is 0.599. The molecule has 0 unspecified atom stereocenters. The Kier molecular flexibility index (Phi) is 6.26. The molecule has 0 saturated heterocycles. The Morgan fingerprint density at radius 2 is 1.88 bits per heavy atom. The summed E-state index contributed by atoms with van der Waals surface area (Å²) in [5, 5.41) is 8.61. The van der Waals surface area contributed by atoms with Crippen LogP contribution in [0.15, 0.2) is 22.7 Å². The van der Waals surface area contributed by atoms with Crippen molar-refractivity contribution in [2.24, 2.45) is 0 Å². The molecule has 0 heterocycles. The zero-order chi connectivity index (χ0) is 11.8. The summed E-state index contributed by atoms with van der Waals surface area (Å²) in [7, 11) is 0. The SMILES string of the molecule is Nc1cc(Br)cc(OCCCCCCO)c1. The molecular formula is C12H18BrNO2. The topological polar surface area (TPSA) is 55.5 Å². The van der Waals surface area contributed by atoms with Gasteiger partial charge in [-0.05, 0) is 31.4 Å². The summed E-state index contributed by atoms with van der Waals surface area (Å²) < 4.78 is 6.51. The monoisotopic (exact) mass is 287 g/mol. The molecule has 1 aromatic carbocycles. The number of benzene rings is 1. The number of aliphatic hydroxyl groups excluding tert-OH is 1. The summed E-state index contributed by atoms with van der Waals surface area (Å²) >= 11 is 3.37. The second kappa shape index (κ2) is 7.52. The zero-order valence-electron chi connectivity index (χ0n) is 9.29. The van der Waals surface area contributed by atoms with Gasteiger partial charge in [-0.15, -0.1) is 0 Å². The predicted molar refractivity (Wildman–Crippen MR) is 69.6 cm³/mol. The van der Waals surface area contributed by atoms with E-state index in [1.54, 1.807) is 0 Å². The van der Waals surface area contributed by atoms with Crippen LogP contribution in [0.25, 0.3) is 0 Å². The molecule has 90 valence electrons. The zero-order valence-corrected chi connectivity index (χ0v) is 10.9. The number of hydrogen-bond donors (Lipinski definition) is 2. The molecule has 16 heavy (non-hydrogen) atoms. The minimum atomic E-state index is 0.281. The van der Waals surface area contributed by atoms with Crippen LogP contribution < -0.4 is 10.5 Å². The molecule has 0 aliphatic rings. The fourth-order valence-corrected chi connectivity index (χ4v) is 1.92. The number of ether oxygens (including phenoxy) is 1. The van der Waals surface area contributed by atoms with Crippen LogP contribution in [0.2, 0.25) is 0 Å². The number of hydrogen-bond acceptors (Lipinski definition) is 3. The Morgan fingerprint density at radius 3 is 2.56 bits per heavy atom. The molecule has 0 atom stereocenters. The minimum absolute atomic E-state index is 0.281. The van der Waals surface area contributed by atoms with Crippen molar-refractivity contribution in [3.8, 4) is 5.75 Å². The van der Waals surface area contributed by atoms with Crippen molar-refractivity contribution in [3.05, 3.63) is 22.7 Å². The maximum Gasteiger partial charge on any atom is 0.122 e. The first-order chi connectivity index (χ1) is 7.72. The Bertz CT molecular complexity index is 298. The van der Waals surface area contributed by atoms with Gasteiger partial charge in [0.2, 0.25) is 0 Å². The van der Waals surface area contributed by atoms with E-state index >= 15 is 0 Å². The number of unbranched alkanes of at least 4 members (excludes halogenated alkanes) is 3. The highest BCUT2D eigenvalue weighted by molar-refractivity contribution is 9.10. The third kappa shape index (κ3) is 5.37. The number of halogens is 1. The molecule has 0 aliphatic heterocycles. The van der Waals surface area contributed by atoms with Crippen LogP contribution in [-0.4, -0.2) is 18.3 Å². The first-order valence-electron chi connectivity index (χ1n) is 5.52. The van der Waals surface area contributed by atoms with Crippen LogP contribution in [-0.2, 0) is 0 Å². The maximum atomic E-state index is 8.61. The van der Waals surface area contributed by atoms with Crippen LogP contribution >= 0.6 is 15.9 Å². The molecule has 1 rings (SSSR count). The van der Waals surface area contributed by atoms with E-state index in [1.165, 1.54) is 0 Å². The molecule has 0 spiro atoms. The van der Waals surface area contributed by atoms with E-state index in [0.29, 0.717) is 12.3 Å². The Labute approximate surface area is 105 Å². The minimum Gasteiger partial charge on any atom is -0.493 e. The lowest BCUT2D eigenvalue weighted by atomic mass is 10.2. The highest BCUT2D eigenvalue weighted by Crippen LogP contribution is 2.22. The molecule has 1 aromatic rings. The molecule has 3 nitrogen and oxygen atoms in total. The van der Waals surface area contributed by atoms with Crippen molar-refractivity contribution in [1.29, 1.82) is 0 Å². The van der Waals surface area contributed by atoms with Crippen molar-refractivity contribution in [2.75, 3.05) is 18.9 Å². The van der Waals surface area contributed by atoms with Gasteiger partial charge in [-0.25, -0.2) is 0 Å². The van der Waals surface area contributed by atoms with Gasteiger partial charge in [0.05, 0.1) is 6.61 Å². The Balaban J connectivity index is 2.21. The molecule has 0 fully saturated rings. The molecule has 0 saturated carbocycles. The molecule has 0 radical (unpaired) electrons. The van der Waals surface area contributed by atoms with Gasteiger partial charge < -0.3 is 15.6 Å². The molecule has 4 heteroatoms. The average Bonchev–Trinajstić information content (AvgIpc) is 2.22. The van der Waals surface area contributed by atoms with Crippen LogP contribution in [0.3, 0.4) is 0 Å². The van der Waals surface area contributed by atoms with E-state index in [-0.39, 0.29) is 6.61 Å². The van der Waals surface area contributed by atoms with Gasteiger partial charge in [-0.1, -0.05) is 22.4 Å². The summed E-state index contributed by atoms with van der Waals surface area (Å²) in [5.74, 6) is 0.800. The molecule has 0 amide bonds. The third-order valence-electron chi connectivity index (χ3n) is 2.21. The van der Waals surface area contributed by atoms with Gasteiger partial charge in [-0.2, -0.15) is 0 Å². The summed E-state index contributed by atoms with van der Waals surface area (Å²) in [5.41, 5.74) is 6.39. The first-order valence-corrected chi connectivity index (χ1v) is 6.31. The predicted octanol–water partition coefficient (Wildman–Crippen LogP) is 2.96. The van der Waals surface area contributed by atoms with Crippen molar-refractivity contribution in [2.45, 2.75) is 25.7 Å². The normalized spacial score (nSPS) is 10.4. The molecule has 0 bridgehead atoms. The van der Waals surface area contributed by atoms with Crippen LogP contribution in [0.4, 0.5) is 5.69 Å². The van der Waals surface area contributed by atoms with Crippen LogP contribution in [0, 0.1) is 0 Å². The number of nitrogen functional groups attached to an aromatic ring is 1. The van der Waals surface area contributed by atoms with Gasteiger partial charge in [0, 0.05) is 22.8 Å². The smallest absolute Gasteiger partial charge is 0.122 e. The van der Waals surface area contributed by atoms with Crippen LogP contribution in [0.5, 0.6) is 5.75 Å². The van der Waals surface area contributed by atoms with Crippen molar-refractivity contribution >= 4 is 21.6 Å². The van der Waals surface area contributed by atoms with Gasteiger partial charge in [0.15, 0.2) is 0 Å². The fraction of sp³-hybridized carbons (Fsp3) is 0.500. The Hall–Kier alpha value is -0.740. The largest absolute Gasteiger partial charge is 0.493 e. The highest BCUT2D eigenvalue weighted by Gasteiger charge is 1.98. The molecule has 0 aliphatic carbocycles. The average molecular weight is 288 g/mol. The van der Waals surface area contributed by atoms with Gasteiger partial charge in [-0.3, -0.25) is 0 Å². The molecular weight excluding hydrogens is 270 g/mol. The number of aliphatic hydroxyl groups is 1. The second-order valence-electron chi connectivity index (χ2n) is 3.71. The number of nitrogens with two attached hydrogens (primary N) is 1. The second-order valence-corrected chi connectivity index (χ2v) is 4.62. The maximum absolute atomic E-state index is 8.61. The van der Waals surface area contributed by atoms with Crippen LogP contribution in [0.1, 0.15) is 25.7 Å². The summed E-state index contributed by atoms with van der Waals surface area (Å²) in [6.45, 7) is 0.977. The highest BCUT2D eigenvalue weighted by atomic mass is 79.9. The van der Waals surface area contributed by atoms with E-state index in [9.17, 15) is 0 Å². The van der Waals surface area contributed by atoms with Crippen molar-refractivity contribution in [3.63, 3.8) is 0 Å². The summed E-state index contributed by atoms with van der Waals surface area (Å²) in [4.78, 5) is 0. The van der Waals surface area contributed by atoms with E-state index in [2.05, 4.69) is 15.9 Å². The van der Waals surface area contributed by atoms with Crippen molar-refractivity contribution < 1.29 is 9.84 Å². The van der Waals surface area contributed by atoms with Crippen molar-refractivity contribution in [1.82, 2.24) is 0 Å². The first kappa shape index (κ1) is 13.3. The van der Waals surface area contributed by atoms with Gasteiger partial charge in [0.1, 0.15) is 5.75 Å². The van der Waals surface area contributed by atoms with E-state index in [4.69, 9.17) is 15.6 Å². The van der Waals surface area contributed by atoms with E-state index < -0.39 is 0 Å². The van der Waals surface area contributed by atoms with Gasteiger partial charge >= 0.3 is 0 Å². The van der Waals surface area contributed by atoms with E-state index in [1.807, 2.05) is 18.2 Å². The van der Waals surface area contributed by atoms with Gasteiger partial charge in [0.25, 0.3) is 0 Å². The lowest BCUT2D eigenvalue weighted by Gasteiger charge is -2.07. The lowest BCUT2D eigenvalue weighted by molar-refractivity contribution is 0.273. The summed E-state index contributed by atoms with van der Waals surface area (Å²) in [6.07, 6.45) is 4.03. The number of rotatable bonds is 7. The Morgan fingerprint density at radius 1 is 1.12 bits per heavy atom. The summed E-state index contributed by atoms with van der Waals surface area (Å²) in [6, 6.07) is 5.57. The van der Waals surface area contributed by atoms with E-state index in [0.717, 1.165) is 35.9 Å². The third-order valence-corrected chi connectivity index (χ3v) is 2.67.